The standard InChI is InChI=1S/C16H18N2O2S/c1-21(19,20)15-7-3-6-14(16(15)17)18-13-9-8-11-4-2-5-12(11)10-13/h3,6-10,18H,2,4-5,17H2,1H3. The van der Waals surface area contributed by atoms with E-state index in [0.29, 0.717) is 5.69 Å². The molecule has 2 aromatic carbocycles. The lowest BCUT2D eigenvalue weighted by atomic mass is 10.1. The number of rotatable bonds is 3. The molecule has 3 rings (SSSR count). The molecule has 0 atom stereocenters. The number of sulfone groups is 1. The Bertz CT molecular complexity index is 798. The van der Waals surface area contributed by atoms with Gasteiger partial charge in [-0.2, -0.15) is 0 Å². The van der Waals surface area contributed by atoms with Gasteiger partial charge in [-0.25, -0.2) is 8.42 Å². The van der Waals surface area contributed by atoms with Crippen LogP contribution in [0.3, 0.4) is 0 Å². The Labute approximate surface area is 124 Å². The molecule has 0 fully saturated rings. The monoisotopic (exact) mass is 302 g/mol. The highest BCUT2D eigenvalue weighted by atomic mass is 32.2. The topological polar surface area (TPSA) is 72.2 Å². The minimum absolute atomic E-state index is 0.161. The molecule has 1 aliphatic carbocycles. The summed E-state index contributed by atoms with van der Waals surface area (Å²) >= 11 is 0. The number of para-hydroxylation sites is 1. The fourth-order valence-corrected chi connectivity index (χ4v) is 3.62. The number of benzene rings is 2. The van der Waals surface area contributed by atoms with Crippen molar-refractivity contribution in [3.05, 3.63) is 47.5 Å². The summed E-state index contributed by atoms with van der Waals surface area (Å²) in [5.41, 5.74) is 10.6. The predicted molar refractivity (Wildman–Crippen MR) is 85.7 cm³/mol. The smallest absolute Gasteiger partial charge is 0.177 e. The zero-order valence-corrected chi connectivity index (χ0v) is 12.7. The summed E-state index contributed by atoms with van der Waals surface area (Å²) < 4.78 is 23.4. The zero-order valence-electron chi connectivity index (χ0n) is 11.9. The number of nitrogens with one attached hydrogen (secondary N) is 1. The first-order valence-electron chi connectivity index (χ1n) is 6.92. The van der Waals surface area contributed by atoms with E-state index in [0.717, 1.165) is 24.8 Å². The summed E-state index contributed by atoms with van der Waals surface area (Å²) in [5, 5.41) is 3.22. The van der Waals surface area contributed by atoms with Crippen LogP contribution in [0.15, 0.2) is 41.3 Å². The molecular weight excluding hydrogens is 284 g/mol. The molecule has 0 aliphatic heterocycles. The third-order valence-electron chi connectivity index (χ3n) is 3.84. The molecule has 5 heteroatoms. The number of hydrogen-bond donors (Lipinski definition) is 2. The van der Waals surface area contributed by atoms with Gasteiger partial charge in [-0.1, -0.05) is 12.1 Å². The Morgan fingerprint density at radius 2 is 1.86 bits per heavy atom. The van der Waals surface area contributed by atoms with Crippen molar-refractivity contribution in [2.24, 2.45) is 0 Å². The van der Waals surface area contributed by atoms with Crippen molar-refractivity contribution >= 4 is 26.9 Å². The van der Waals surface area contributed by atoms with Gasteiger partial charge in [0.25, 0.3) is 0 Å². The summed E-state index contributed by atoms with van der Waals surface area (Å²) in [7, 11) is -3.32. The molecule has 1 aliphatic rings. The number of nitrogens with two attached hydrogens (primary N) is 1. The van der Waals surface area contributed by atoms with Gasteiger partial charge < -0.3 is 11.1 Å². The molecular formula is C16H18N2O2S. The highest BCUT2D eigenvalue weighted by Gasteiger charge is 2.15. The van der Waals surface area contributed by atoms with Gasteiger partial charge in [0.2, 0.25) is 0 Å². The van der Waals surface area contributed by atoms with Crippen LogP contribution in [0.4, 0.5) is 17.1 Å². The number of nitrogen functional groups attached to an aromatic ring is 1. The second kappa shape index (κ2) is 5.07. The molecule has 110 valence electrons. The lowest BCUT2D eigenvalue weighted by Crippen LogP contribution is -2.05. The van der Waals surface area contributed by atoms with E-state index in [9.17, 15) is 8.42 Å². The minimum atomic E-state index is -3.32. The fraction of sp³-hybridized carbons (Fsp3) is 0.250. The van der Waals surface area contributed by atoms with Crippen LogP contribution in [0.5, 0.6) is 0 Å². The quantitative estimate of drug-likeness (QED) is 0.855. The van der Waals surface area contributed by atoms with E-state index in [1.165, 1.54) is 23.6 Å². The van der Waals surface area contributed by atoms with Crippen molar-refractivity contribution in [3.63, 3.8) is 0 Å². The van der Waals surface area contributed by atoms with E-state index >= 15 is 0 Å². The molecule has 0 saturated heterocycles. The van der Waals surface area contributed by atoms with Crippen molar-refractivity contribution in [2.75, 3.05) is 17.3 Å². The summed E-state index contributed by atoms with van der Waals surface area (Å²) in [4.78, 5) is 0.161. The van der Waals surface area contributed by atoms with E-state index in [1.807, 2.05) is 6.07 Å². The largest absolute Gasteiger partial charge is 0.396 e. The number of anilines is 3. The molecule has 0 bridgehead atoms. The van der Waals surface area contributed by atoms with Gasteiger partial charge >= 0.3 is 0 Å². The fourth-order valence-electron chi connectivity index (χ4n) is 2.78. The van der Waals surface area contributed by atoms with E-state index in [1.54, 1.807) is 12.1 Å². The molecule has 2 aromatic rings. The number of hydrogen-bond acceptors (Lipinski definition) is 4. The summed E-state index contributed by atoms with van der Waals surface area (Å²) in [6, 6.07) is 11.3. The Kier molecular flexibility index (Phi) is 3.37. The van der Waals surface area contributed by atoms with Gasteiger partial charge in [0, 0.05) is 11.9 Å². The lowest BCUT2D eigenvalue weighted by molar-refractivity contribution is 0.602. The Morgan fingerprint density at radius 3 is 2.62 bits per heavy atom. The van der Waals surface area contributed by atoms with E-state index in [2.05, 4.69) is 17.4 Å². The maximum atomic E-state index is 11.7. The van der Waals surface area contributed by atoms with Crippen molar-refractivity contribution in [1.29, 1.82) is 0 Å². The van der Waals surface area contributed by atoms with Gasteiger partial charge in [0.15, 0.2) is 9.84 Å². The second-order valence-electron chi connectivity index (χ2n) is 5.45. The molecule has 0 radical (unpaired) electrons. The van der Waals surface area contributed by atoms with E-state index in [4.69, 9.17) is 5.73 Å². The maximum Gasteiger partial charge on any atom is 0.177 e. The van der Waals surface area contributed by atoms with Gasteiger partial charge in [0.05, 0.1) is 16.3 Å². The van der Waals surface area contributed by atoms with Crippen molar-refractivity contribution in [3.8, 4) is 0 Å². The van der Waals surface area contributed by atoms with Crippen LogP contribution in [-0.4, -0.2) is 14.7 Å². The van der Waals surface area contributed by atoms with Gasteiger partial charge in [-0.15, -0.1) is 0 Å². The van der Waals surface area contributed by atoms with Crippen LogP contribution >= 0.6 is 0 Å². The van der Waals surface area contributed by atoms with Crippen molar-refractivity contribution in [2.45, 2.75) is 24.2 Å². The third-order valence-corrected chi connectivity index (χ3v) is 5.00. The number of fused-ring (bicyclic) bond motifs is 1. The summed E-state index contributed by atoms with van der Waals surface area (Å²) in [5.74, 6) is 0. The Balaban J connectivity index is 1.95. The zero-order chi connectivity index (χ0) is 15.0. The average molecular weight is 302 g/mol. The minimum Gasteiger partial charge on any atom is -0.396 e. The van der Waals surface area contributed by atoms with Crippen LogP contribution in [-0.2, 0) is 22.7 Å². The summed E-state index contributed by atoms with van der Waals surface area (Å²) in [6.07, 6.45) is 4.60. The predicted octanol–water partition coefficient (Wildman–Crippen LogP) is 2.90. The molecule has 4 nitrogen and oxygen atoms in total. The van der Waals surface area contributed by atoms with E-state index < -0.39 is 9.84 Å². The third kappa shape index (κ3) is 2.74. The highest BCUT2D eigenvalue weighted by molar-refractivity contribution is 7.90. The molecule has 0 heterocycles. The normalized spacial score (nSPS) is 14.0. The molecule has 21 heavy (non-hydrogen) atoms. The highest BCUT2D eigenvalue weighted by Crippen LogP contribution is 2.31. The SMILES string of the molecule is CS(=O)(=O)c1cccc(Nc2ccc3c(c2)CCC3)c1N. The Morgan fingerprint density at radius 1 is 1.10 bits per heavy atom. The first-order valence-corrected chi connectivity index (χ1v) is 8.81. The molecule has 0 saturated carbocycles. The van der Waals surface area contributed by atoms with Crippen LogP contribution in [0, 0.1) is 0 Å². The van der Waals surface area contributed by atoms with Gasteiger partial charge in [-0.05, 0) is 54.7 Å². The molecule has 0 unspecified atom stereocenters. The first-order chi connectivity index (χ1) is 9.95. The maximum absolute atomic E-state index is 11.7. The second-order valence-corrected chi connectivity index (χ2v) is 7.44. The first kappa shape index (κ1) is 13.9. The number of aryl methyl sites for hydroxylation is 2. The average Bonchev–Trinajstić information content (AvgIpc) is 2.87. The van der Waals surface area contributed by atoms with E-state index in [-0.39, 0.29) is 10.6 Å². The van der Waals surface area contributed by atoms with Gasteiger partial charge in [0.1, 0.15) is 0 Å². The van der Waals surface area contributed by atoms with Crippen LogP contribution in [0.2, 0.25) is 0 Å². The van der Waals surface area contributed by atoms with Crippen LogP contribution in [0.1, 0.15) is 17.5 Å². The van der Waals surface area contributed by atoms with Crippen molar-refractivity contribution in [1.82, 2.24) is 0 Å². The van der Waals surface area contributed by atoms with Crippen LogP contribution < -0.4 is 11.1 Å². The molecule has 0 spiro atoms. The van der Waals surface area contributed by atoms with Crippen molar-refractivity contribution < 1.29 is 8.42 Å². The van der Waals surface area contributed by atoms with Gasteiger partial charge in [-0.3, -0.25) is 0 Å². The summed E-state index contributed by atoms with van der Waals surface area (Å²) in [6.45, 7) is 0. The Hall–Kier alpha value is -2.01. The lowest BCUT2D eigenvalue weighted by Gasteiger charge is -2.13. The van der Waals surface area contributed by atoms with Crippen LogP contribution in [0.25, 0.3) is 0 Å². The molecule has 0 aromatic heterocycles. The molecule has 3 N–H and O–H groups in total. The molecule has 0 amide bonds.